The van der Waals surface area contributed by atoms with Gasteiger partial charge in [-0.05, 0) is 62.3 Å². The summed E-state index contributed by atoms with van der Waals surface area (Å²) >= 11 is 3.66. The minimum Gasteiger partial charge on any atom is -0.310 e. The molecule has 1 nitrogen and oxygen atoms in total. The highest BCUT2D eigenvalue weighted by atomic mass is 79.9. The molecule has 0 aliphatic carbocycles. The average Bonchev–Trinajstić information content (AvgIpc) is 2.35. The van der Waals surface area contributed by atoms with Gasteiger partial charge in [-0.25, -0.2) is 0 Å². The summed E-state index contributed by atoms with van der Waals surface area (Å²) in [7, 11) is 0. The number of nitrogens with one attached hydrogen (secondary N) is 1. The molecular formula is C17H28BrN. The van der Waals surface area contributed by atoms with E-state index >= 15 is 0 Å². The zero-order valence-electron chi connectivity index (χ0n) is 13.0. The van der Waals surface area contributed by atoms with Crippen molar-refractivity contribution in [3.05, 3.63) is 33.3 Å². The third-order valence-electron chi connectivity index (χ3n) is 3.53. The fourth-order valence-electron chi connectivity index (χ4n) is 2.39. The molecule has 0 saturated heterocycles. The van der Waals surface area contributed by atoms with E-state index in [0.717, 1.165) is 12.5 Å². The Hall–Kier alpha value is -0.340. The van der Waals surface area contributed by atoms with Crippen molar-refractivity contribution in [3.63, 3.8) is 0 Å². The maximum atomic E-state index is 3.70. The van der Waals surface area contributed by atoms with Crippen LogP contribution in [0.25, 0.3) is 0 Å². The first-order chi connectivity index (χ1) is 8.95. The van der Waals surface area contributed by atoms with Crippen molar-refractivity contribution in [3.8, 4) is 0 Å². The second kappa shape index (κ2) is 8.06. The molecule has 108 valence electrons. The third-order valence-corrected chi connectivity index (χ3v) is 4.79. The summed E-state index contributed by atoms with van der Waals surface area (Å²) in [6.45, 7) is 12.3. The lowest BCUT2D eigenvalue weighted by atomic mass is 9.95. The quantitative estimate of drug-likeness (QED) is 0.693. The smallest absolute Gasteiger partial charge is 0.0320 e. The van der Waals surface area contributed by atoms with Crippen molar-refractivity contribution >= 4 is 15.9 Å². The molecule has 1 N–H and O–H groups in total. The van der Waals surface area contributed by atoms with Crippen LogP contribution in [-0.4, -0.2) is 6.54 Å². The van der Waals surface area contributed by atoms with Crippen LogP contribution in [0.4, 0.5) is 0 Å². The Morgan fingerprint density at radius 1 is 1.11 bits per heavy atom. The Morgan fingerprint density at radius 2 is 1.68 bits per heavy atom. The van der Waals surface area contributed by atoms with Gasteiger partial charge in [-0.1, -0.05) is 48.8 Å². The molecule has 1 unspecified atom stereocenters. The predicted octanol–water partition coefficient (Wildman–Crippen LogP) is 5.54. The average molecular weight is 326 g/mol. The summed E-state index contributed by atoms with van der Waals surface area (Å²) in [5.41, 5.74) is 4.11. The van der Waals surface area contributed by atoms with E-state index in [1.54, 1.807) is 0 Å². The zero-order valence-corrected chi connectivity index (χ0v) is 14.6. The SMILES string of the molecule is CCCNC(CCC(C)C)c1cc(C)c(Br)c(C)c1. The number of halogens is 1. The minimum atomic E-state index is 0.493. The molecule has 19 heavy (non-hydrogen) atoms. The van der Waals surface area contributed by atoms with E-state index < -0.39 is 0 Å². The molecule has 0 bridgehead atoms. The molecule has 2 heteroatoms. The van der Waals surface area contributed by atoms with Crippen LogP contribution in [0.2, 0.25) is 0 Å². The Kier molecular flexibility index (Phi) is 7.09. The van der Waals surface area contributed by atoms with E-state index in [1.807, 2.05) is 0 Å². The van der Waals surface area contributed by atoms with Crippen LogP contribution in [0.5, 0.6) is 0 Å². The first kappa shape index (κ1) is 16.7. The van der Waals surface area contributed by atoms with Gasteiger partial charge < -0.3 is 5.32 Å². The first-order valence-corrected chi connectivity index (χ1v) is 8.25. The molecular weight excluding hydrogens is 298 g/mol. The molecule has 0 amide bonds. The maximum absolute atomic E-state index is 3.70. The highest BCUT2D eigenvalue weighted by Gasteiger charge is 2.13. The van der Waals surface area contributed by atoms with Gasteiger partial charge in [0.25, 0.3) is 0 Å². The monoisotopic (exact) mass is 325 g/mol. The van der Waals surface area contributed by atoms with Crippen LogP contribution in [0, 0.1) is 19.8 Å². The molecule has 0 aliphatic rings. The van der Waals surface area contributed by atoms with E-state index in [4.69, 9.17) is 0 Å². The maximum Gasteiger partial charge on any atom is 0.0320 e. The first-order valence-electron chi connectivity index (χ1n) is 7.45. The Morgan fingerprint density at radius 3 is 2.16 bits per heavy atom. The molecule has 0 heterocycles. The van der Waals surface area contributed by atoms with Crippen molar-refractivity contribution in [2.24, 2.45) is 5.92 Å². The molecule has 0 fully saturated rings. The van der Waals surface area contributed by atoms with Crippen LogP contribution in [0.15, 0.2) is 16.6 Å². The van der Waals surface area contributed by atoms with E-state index in [9.17, 15) is 0 Å². The molecule has 0 aliphatic heterocycles. The second-order valence-electron chi connectivity index (χ2n) is 5.95. The van der Waals surface area contributed by atoms with Crippen molar-refractivity contribution in [1.82, 2.24) is 5.32 Å². The molecule has 0 saturated carbocycles. The van der Waals surface area contributed by atoms with Crippen molar-refractivity contribution in [2.75, 3.05) is 6.54 Å². The van der Waals surface area contributed by atoms with Crippen molar-refractivity contribution < 1.29 is 0 Å². The van der Waals surface area contributed by atoms with Gasteiger partial charge in [0.1, 0.15) is 0 Å². The van der Waals surface area contributed by atoms with Gasteiger partial charge in [0, 0.05) is 10.5 Å². The summed E-state index contributed by atoms with van der Waals surface area (Å²) < 4.78 is 1.24. The lowest BCUT2D eigenvalue weighted by Gasteiger charge is -2.21. The summed E-state index contributed by atoms with van der Waals surface area (Å²) in [5.74, 6) is 0.767. The molecule has 1 aromatic carbocycles. The van der Waals surface area contributed by atoms with Crippen LogP contribution >= 0.6 is 15.9 Å². The van der Waals surface area contributed by atoms with Gasteiger partial charge in [0.15, 0.2) is 0 Å². The van der Waals surface area contributed by atoms with Gasteiger partial charge in [-0.2, -0.15) is 0 Å². The second-order valence-corrected chi connectivity index (χ2v) is 6.74. The van der Waals surface area contributed by atoms with Gasteiger partial charge in [-0.15, -0.1) is 0 Å². The van der Waals surface area contributed by atoms with E-state index in [0.29, 0.717) is 6.04 Å². The molecule has 0 aromatic heterocycles. The lowest BCUT2D eigenvalue weighted by molar-refractivity contribution is 0.440. The number of benzene rings is 1. The number of hydrogen-bond acceptors (Lipinski definition) is 1. The Balaban J connectivity index is 2.89. The summed E-state index contributed by atoms with van der Waals surface area (Å²) in [6.07, 6.45) is 3.68. The van der Waals surface area contributed by atoms with E-state index in [1.165, 1.54) is 40.4 Å². The minimum absolute atomic E-state index is 0.493. The van der Waals surface area contributed by atoms with E-state index in [-0.39, 0.29) is 0 Å². The number of aryl methyl sites for hydroxylation is 2. The highest BCUT2D eigenvalue weighted by molar-refractivity contribution is 9.10. The Bertz CT molecular complexity index is 375. The fourth-order valence-corrected chi connectivity index (χ4v) is 2.61. The standard InChI is InChI=1S/C17H28BrN/c1-6-9-19-16(8-7-12(2)3)15-10-13(4)17(18)14(5)11-15/h10-12,16,19H,6-9H2,1-5H3. The van der Waals surface area contributed by atoms with Gasteiger partial charge in [0.05, 0.1) is 0 Å². The van der Waals surface area contributed by atoms with Crippen LogP contribution < -0.4 is 5.32 Å². The summed E-state index contributed by atoms with van der Waals surface area (Å²) in [5, 5.41) is 3.70. The third kappa shape index (κ3) is 5.27. The van der Waals surface area contributed by atoms with Crippen LogP contribution in [0.3, 0.4) is 0 Å². The summed E-state index contributed by atoms with van der Waals surface area (Å²) in [6, 6.07) is 5.14. The number of hydrogen-bond donors (Lipinski definition) is 1. The fraction of sp³-hybridized carbons (Fsp3) is 0.647. The van der Waals surface area contributed by atoms with Crippen LogP contribution in [0.1, 0.15) is 62.8 Å². The Labute approximate surface area is 127 Å². The highest BCUT2D eigenvalue weighted by Crippen LogP contribution is 2.28. The van der Waals surface area contributed by atoms with Crippen molar-refractivity contribution in [1.29, 1.82) is 0 Å². The molecule has 1 rings (SSSR count). The number of rotatable bonds is 7. The molecule has 1 atom stereocenters. The van der Waals surface area contributed by atoms with E-state index in [2.05, 4.69) is 68.0 Å². The zero-order chi connectivity index (χ0) is 14.4. The van der Waals surface area contributed by atoms with Gasteiger partial charge in [0.2, 0.25) is 0 Å². The topological polar surface area (TPSA) is 12.0 Å². The van der Waals surface area contributed by atoms with Crippen LogP contribution in [-0.2, 0) is 0 Å². The predicted molar refractivity (Wildman–Crippen MR) is 88.7 cm³/mol. The molecule has 1 aromatic rings. The largest absolute Gasteiger partial charge is 0.310 e. The van der Waals surface area contributed by atoms with Gasteiger partial charge >= 0.3 is 0 Å². The molecule has 0 spiro atoms. The molecule has 0 radical (unpaired) electrons. The van der Waals surface area contributed by atoms with Gasteiger partial charge in [-0.3, -0.25) is 0 Å². The lowest BCUT2D eigenvalue weighted by Crippen LogP contribution is -2.22. The van der Waals surface area contributed by atoms with Crippen molar-refractivity contribution in [2.45, 2.75) is 59.9 Å². The summed E-state index contributed by atoms with van der Waals surface area (Å²) in [4.78, 5) is 0. The normalized spacial score (nSPS) is 13.0.